The number of Topliss-reactive ketones (excluding diaryl/α,β-unsaturated/α-hetero) is 1. The fraction of sp³-hybridized carbons (Fsp3) is 0.130. The molecule has 0 radical (unpaired) electrons. The number of pyridine rings is 1. The average molecular weight is 463 g/mol. The first-order valence-corrected chi connectivity index (χ1v) is 11.0. The molecular weight excluding hydrogens is 445 g/mol. The van der Waals surface area contributed by atoms with E-state index in [-0.39, 0.29) is 17.2 Å². The number of tetrazole rings is 1. The van der Waals surface area contributed by atoms with Crippen molar-refractivity contribution in [2.75, 3.05) is 5.75 Å². The van der Waals surface area contributed by atoms with Gasteiger partial charge in [-0.25, -0.2) is 9.18 Å². The lowest BCUT2D eigenvalue weighted by atomic mass is 10.0. The van der Waals surface area contributed by atoms with E-state index in [9.17, 15) is 14.0 Å². The molecule has 0 aliphatic carbocycles. The second-order valence-electron chi connectivity index (χ2n) is 7.11. The number of carboxylic acids is 1. The van der Waals surface area contributed by atoms with Gasteiger partial charge in [0.15, 0.2) is 0 Å². The highest BCUT2D eigenvalue weighted by molar-refractivity contribution is 7.99. The van der Waals surface area contributed by atoms with Gasteiger partial charge in [-0.3, -0.25) is 9.78 Å². The van der Waals surface area contributed by atoms with Crippen LogP contribution >= 0.6 is 11.8 Å². The summed E-state index contributed by atoms with van der Waals surface area (Å²) < 4.78 is 15.3. The number of carbonyl (C=O) groups is 2. The van der Waals surface area contributed by atoms with Gasteiger partial charge in [-0.05, 0) is 51.7 Å². The summed E-state index contributed by atoms with van der Waals surface area (Å²) in [5, 5.41) is 20.6. The van der Waals surface area contributed by atoms with Gasteiger partial charge in [-0.2, -0.15) is 4.68 Å². The predicted octanol–water partition coefficient (Wildman–Crippen LogP) is 3.86. The number of hydrogen-bond acceptors (Lipinski definition) is 7. The molecule has 0 aliphatic heterocycles. The second-order valence-corrected chi connectivity index (χ2v) is 8.05. The Kier molecular flexibility index (Phi) is 6.84. The van der Waals surface area contributed by atoms with E-state index in [1.54, 1.807) is 12.4 Å². The van der Waals surface area contributed by atoms with Crippen molar-refractivity contribution in [2.45, 2.75) is 18.0 Å². The maximum Gasteiger partial charge on any atom is 0.338 e. The van der Waals surface area contributed by atoms with Crippen molar-refractivity contribution in [3.8, 4) is 16.8 Å². The molecule has 0 bridgehead atoms. The molecule has 0 fully saturated rings. The Hall–Kier alpha value is -3.92. The molecule has 0 saturated carbocycles. The van der Waals surface area contributed by atoms with Crippen molar-refractivity contribution in [1.82, 2.24) is 25.2 Å². The van der Waals surface area contributed by atoms with E-state index in [0.29, 0.717) is 18.0 Å². The molecule has 4 aromatic rings. The summed E-state index contributed by atoms with van der Waals surface area (Å²) in [6.45, 7) is 0. The molecule has 0 saturated heterocycles. The lowest BCUT2D eigenvalue weighted by molar-refractivity contribution is -0.116. The van der Waals surface area contributed by atoms with Crippen molar-refractivity contribution < 1.29 is 19.1 Å². The maximum atomic E-state index is 14.0. The molecule has 33 heavy (non-hydrogen) atoms. The van der Waals surface area contributed by atoms with Crippen LogP contribution in [0.15, 0.2) is 72.1 Å². The molecule has 4 rings (SSSR count). The van der Waals surface area contributed by atoms with Gasteiger partial charge in [0.05, 0.1) is 17.0 Å². The Morgan fingerprint density at radius 3 is 2.67 bits per heavy atom. The minimum Gasteiger partial charge on any atom is -0.478 e. The molecule has 1 N–H and O–H groups in total. The van der Waals surface area contributed by atoms with Crippen LogP contribution in [0.4, 0.5) is 4.39 Å². The number of carbonyl (C=O) groups excluding carboxylic acids is 1. The zero-order valence-electron chi connectivity index (χ0n) is 17.3. The highest BCUT2D eigenvalue weighted by Crippen LogP contribution is 2.22. The van der Waals surface area contributed by atoms with Gasteiger partial charge >= 0.3 is 5.97 Å². The van der Waals surface area contributed by atoms with Gasteiger partial charge in [0, 0.05) is 24.9 Å². The zero-order chi connectivity index (χ0) is 23.2. The smallest absolute Gasteiger partial charge is 0.338 e. The fourth-order valence-electron chi connectivity index (χ4n) is 3.18. The van der Waals surface area contributed by atoms with Gasteiger partial charge in [0.2, 0.25) is 5.16 Å². The third kappa shape index (κ3) is 5.47. The summed E-state index contributed by atoms with van der Waals surface area (Å²) in [4.78, 5) is 27.6. The van der Waals surface area contributed by atoms with Crippen molar-refractivity contribution in [2.24, 2.45) is 0 Å². The van der Waals surface area contributed by atoms with Crippen molar-refractivity contribution >= 4 is 23.5 Å². The predicted molar refractivity (Wildman–Crippen MR) is 120 cm³/mol. The number of carboxylic acid groups (broad SMARTS) is 1. The minimum atomic E-state index is -1.36. The van der Waals surface area contributed by atoms with Crippen molar-refractivity contribution in [3.05, 3.63) is 83.9 Å². The molecular formula is C23H18FN5O3S. The van der Waals surface area contributed by atoms with Crippen LogP contribution in [0, 0.1) is 5.82 Å². The third-order valence-corrected chi connectivity index (χ3v) is 5.82. The Bertz CT molecular complexity index is 1300. The monoisotopic (exact) mass is 463 g/mol. The summed E-state index contributed by atoms with van der Waals surface area (Å²) in [6.07, 6.45) is 4.47. The lowest BCUT2D eigenvalue weighted by Gasteiger charge is -2.06. The molecule has 10 heteroatoms. The van der Waals surface area contributed by atoms with E-state index in [2.05, 4.69) is 20.5 Å². The highest BCUT2D eigenvalue weighted by atomic mass is 32.2. The summed E-state index contributed by atoms with van der Waals surface area (Å²) in [5.41, 5.74) is 2.94. The van der Waals surface area contributed by atoms with E-state index in [0.717, 1.165) is 40.6 Å². The van der Waals surface area contributed by atoms with Crippen LogP contribution in [0.5, 0.6) is 0 Å². The molecule has 2 heterocycles. The Labute approximate surface area is 192 Å². The summed E-state index contributed by atoms with van der Waals surface area (Å²) in [6, 6.07) is 15.5. The SMILES string of the molecule is O=C(CCc1cccc(-c2cccnc2)c1)CSc1nnnn1-c1ccc(C(=O)O)c(F)c1. The molecule has 0 aliphatic rings. The normalized spacial score (nSPS) is 10.8. The number of halogens is 1. The first kappa shape index (κ1) is 22.3. The average Bonchev–Trinajstić information content (AvgIpc) is 3.30. The number of ketones is 1. The van der Waals surface area contributed by atoms with Gasteiger partial charge in [0.25, 0.3) is 0 Å². The van der Waals surface area contributed by atoms with E-state index < -0.39 is 17.3 Å². The standard InChI is InChI=1S/C23H18FN5O3S/c24-21-12-18(7-9-20(21)22(31)32)29-23(26-27-28-29)33-14-19(30)8-6-15-3-1-4-16(11-15)17-5-2-10-25-13-17/h1-5,7,9-13H,6,8,14H2,(H,31,32). The van der Waals surface area contributed by atoms with Gasteiger partial charge < -0.3 is 5.11 Å². The second kappa shape index (κ2) is 10.1. The highest BCUT2D eigenvalue weighted by Gasteiger charge is 2.15. The summed E-state index contributed by atoms with van der Waals surface area (Å²) >= 11 is 1.14. The third-order valence-electron chi connectivity index (χ3n) is 4.85. The number of nitrogens with zero attached hydrogens (tertiary/aromatic N) is 5. The van der Waals surface area contributed by atoms with E-state index in [1.807, 2.05) is 36.4 Å². The van der Waals surface area contributed by atoms with Crippen molar-refractivity contribution in [3.63, 3.8) is 0 Å². The first-order valence-electron chi connectivity index (χ1n) is 9.96. The maximum absolute atomic E-state index is 14.0. The molecule has 0 spiro atoms. The number of benzene rings is 2. The van der Waals surface area contributed by atoms with Crippen LogP contribution < -0.4 is 0 Å². The Morgan fingerprint density at radius 2 is 1.91 bits per heavy atom. The number of aromatic carboxylic acids is 1. The molecule has 166 valence electrons. The van der Waals surface area contributed by atoms with Crippen LogP contribution in [0.1, 0.15) is 22.3 Å². The fourth-order valence-corrected chi connectivity index (χ4v) is 3.97. The first-order chi connectivity index (χ1) is 16.0. The number of rotatable bonds is 9. The topological polar surface area (TPSA) is 111 Å². The van der Waals surface area contributed by atoms with E-state index in [1.165, 1.54) is 10.7 Å². The Balaban J connectivity index is 1.36. The molecule has 0 atom stereocenters. The number of hydrogen-bond donors (Lipinski definition) is 1. The van der Waals surface area contributed by atoms with Gasteiger partial charge in [-0.15, -0.1) is 5.10 Å². The molecule has 2 aromatic heterocycles. The van der Waals surface area contributed by atoms with Gasteiger partial charge in [-0.1, -0.05) is 42.1 Å². The number of aromatic nitrogens is 5. The zero-order valence-corrected chi connectivity index (χ0v) is 18.1. The molecule has 2 aromatic carbocycles. The van der Waals surface area contributed by atoms with Crippen LogP contribution in [-0.4, -0.2) is 47.8 Å². The minimum absolute atomic E-state index is 0.0220. The summed E-state index contributed by atoms with van der Waals surface area (Å²) in [5.74, 6) is -2.08. The van der Waals surface area contributed by atoms with Crippen LogP contribution in [0.3, 0.4) is 0 Å². The van der Waals surface area contributed by atoms with Crippen LogP contribution in [0.25, 0.3) is 16.8 Å². The molecule has 0 amide bonds. The Morgan fingerprint density at radius 1 is 1.06 bits per heavy atom. The quantitative estimate of drug-likeness (QED) is 0.373. The van der Waals surface area contributed by atoms with Crippen LogP contribution in [-0.2, 0) is 11.2 Å². The van der Waals surface area contributed by atoms with E-state index >= 15 is 0 Å². The largest absolute Gasteiger partial charge is 0.478 e. The van der Waals surface area contributed by atoms with E-state index in [4.69, 9.17) is 5.11 Å². The number of thioether (sulfide) groups is 1. The van der Waals surface area contributed by atoms with Gasteiger partial charge in [0.1, 0.15) is 11.6 Å². The molecule has 0 unspecified atom stereocenters. The van der Waals surface area contributed by atoms with Crippen molar-refractivity contribution in [1.29, 1.82) is 0 Å². The number of aryl methyl sites for hydroxylation is 1. The summed E-state index contributed by atoms with van der Waals surface area (Å²) in [7, 11) is 0. The van der Waals surface area contributed by atoms with Crippen LogP contribution in [0.2, 0.25) is 0 Å². The molecule has 8 nitrogen and oxygen atoms in total. The lowest BCUT2D eigenvalue weighted by Crippen LogP contribution is -2.07.